The first kappa shape index (κ1) is 18.7. The predicted octanol–water partition coefficient (Wildman–Crippen LogP) is 5.86. The topological polar surface area (TPSA) is 41.6 Å². The fourth-order valence-electron chi connectivity index (χ4n) is 4.98. The molecule has 3 aromatic carbocycles. The van der Waals surface area contributed by atoms with Crippen molar-refractivity contribution in [2.75, 3.05) is 11.9 Å². The maximum Gasteiger partial charge on any atom is 0.410 e. The van der Waals surface area contributed by atoms with Gasteiger partial charge in [-0.3, -0.25) is 0 Å². The highest BCUT2D eigenvalue weighted by Crippen LogP contribution is 2.51. The fraction of sp³-hybridized carbons (Fsp3) is 0.269. The highest BCUT2D eigenvalue weighted by molar-refractivity contribution is 5.71. The van der Waals surface area contributed by atoms with Crippen LogP contribution >= 0.6 is 0 Å². The molecule has 152 valence electrons. The van der Waals surface area contributed by atoms with Crippen molar-refractivity contribution in [3.63, 3.8) is 0 Å². The first-order valence-electron chi connectivity index (χ1n) is 10.6. The minimum atomic E-state index is -0.230. The van der Waals surface area contributed by atoms with Crippen LogP contribution in [0.15, 0.2) is 78.9 Å². The van der Waals surface area contributed by atoms with E-state index in [1.54, 1.807) is 0 Å². The normalized spacial score (nSPS) is 22.0. The molecule has 2 aliphatic heterocycles. The number of benzene rings is 3. The molecule has 0 aromatic heterocycles. The summed E-state index contributed by atoms with van der Waals surface area (Å²) in [6, 6.07) is 26.9. The third-order valence-electron chi connectivity index (χ3n) is 6.43. The zero-order valence-corrected chi connectivity index (χ0v) is 17.1. The Morgan fingerprint density at radius 3 is 2.47 bits per heavy atom. The lowest BCUT2D eigenvalue weighted by Gasteiger charge is -2.40. The number of carbonyl (C=O) groups excluding carboxylic acids is 1. The number of aryl methyl sites for hydroxylation is 1. The Kier molecular flexibility index (Phi) is 4.91. The molecular formula is C26H26N2O2. The van der Waals surface area contributed by atoms with E-state index >= 15 is 0 Å². The zero-order valence-electron chi connectivity index (χ0n) is 17.1. The van der Waals surface area contributed by atoms with Crippen molar-refractivity contribution >= 4 is 11.8 Å². The number of hydrogen-bond acceptors (Lipinski definition) is 3. The van der Waals surface area contributed by atoms with Crippen LogP contribution in [0.5, 0.6) is 0 Å². The van der Waals surface area contributed by atoms with Crippen molar-refractivity contribution in [2.24, 2.45) is 5.92 Å². The number of amides is 1. The Balaban J connectivity index is 1.44. The highest BCUT2D eigenvalue weighted by Gasteiger charge is 2.47. The summed E-state index contributed by atoms with van der Waals surface area (Å²) in [5.41, 5.74) is 5.88. The van der Waals surface area contributed by atoms with E-state index in [1.807, 2.05) is 41.3 Å². The molecule has 0 radical (unpaired) electrons. The van der Waals surface area contributed by atoms with Gasteiger partial charge in [0.1, 0.15) is 6.61 Å². The Morgan fingerprint density at radius 1 is 0.967 bits per heavy atom. The third-order valence-corrected chi connectivity index (χ3v) is 6.43. The lowest BCUT2D eigenvalue weighted by atomic mass is 9.79. The van der Waals surface area contributed by atoms with E-state index in [4.69, 9.17) is 4.74 Å². The van der Waals surface area contributed by atoms with Gasteiger partial charge in [0, 0.05) is 18.2 Å². The summed E-state index contributed by atoms with van der Waals surface area (Å²) in [4.78, 5) is 15.0. The van der Waals surface area contributed by atoms with Crippen LogP contribution in [0.25, 0.3) is 0 Å². The monoisotopic (exact) mass is 398 g/mol. The molecule has 1 amide bonds. The van der Waals surface area contributed by atoms with Crippen molar-refractivity contribution in [3.8, 4) is 0 Å². The number of ether oxygens (including phenoxy) is 1. The van der Waals surface area contributed by atoms with E-state index in [-0.39, 0.29) is 18.2 Å². The van der Waals surface area contributed by atoms with Crippen LogP contribution in [-0.2, 0) is 11.3 Å². The van der Waals surface area contributed by atoms with Crippen LogP contribution in [0.3, 0.4) is 0 Å². The Morgan fingerprint density at radius 2 is 1.67 bits per heavy atom. The molecule has 5 rings (SSSR count). The number of nitrogens with zero attached hydrogens (tertiary/aromatic N) is 1. The molecule has 0 spiro atoms. The van der Waals surface area contributed by atoms with E-state index < -0.39 is 0 Å². The van der Waals surface area contributed by atoms with Gasteiger partial charge in [0.25, 0.3) is 0 Å². The van der Waals surface area contributed by atoms with Crippen LogP contribution in [-0.4, -0.2) is 17.5 Å². The largest absolute Gasteiger partial charge is 0.445 e. The van der Waals surface area contributed by atoms with Crippen molar-refractivity contribution < 1.29 is 9.53 Å². The van der Waals surface area contributed by atoms with Crippen LogP contribution < -0.4 is 5.32 Å². The lowest BCUT2D eigenvalue weighted by molar-refractivity contribution is 0.0865. The number of likely N-dealkylation sites (tertiary alicyclic amines) is 1. The molecule has 3 aromatic rings. The molecule has 4 nitrogen and oxygen atoms in total. The van der Waals surface area contributed by atoms with E-state index in [0.717, 1.165) is 17.7 Å². The summed E-state index contributed by atoms with van der Waals surface area (Å²) in [6.45, 7) is 3.17. The summed E-state index contributed by atoms with van der Waals surface area (Å²) in [5, 5.41) is 3.76. The van der Waals surface area contributed by atoms with Crippen molar-refractivity contribution in [3.05, 3.63) is 101 Å². The van der Waals surface area contributed by atoms with Gasteiger partial charge in [-0.15, -0.1) is 0 Å². The quantitative estimate of drug-likeness (QED) is 0.601. The van der Waals surface area contributed by atoms with E-state index in [1.165, 1.54) is 16.7 Å². The third kappa shape index (κ3) is 3.32. The van der Waals surface area contributed by atoms with Crippen LogP contribution in [0.4, 0.5) is 10.5 Å². The minimum absolute atomic E-state index is 0.0235. The van der Waals surface area contributed by atoms with Crippen LogP contribution in [0, 0.1) is 12.8 Å². The molecule has 30 heavy (non-hydrogen) atoms. The molecule has 1 fully saturated rings. The number of fused-ring (bicyclic) bond motifs is 3. The maximum absolute atomic E-state index is 13.1. The number of carbonyl (C=O) groups is 1. The first-order chi connectivity index (χ1) is 14.7. The molecule has 2 aliphatic rings. The van der Waals surface area contributed by atoms with Crippen LogP contribution in [0.2, 0.25) is 0 Å². The smallest absolute Gasteiger partial charge is 0.410 e. The molecule has 4 heteroatoms. The maximum atomic E-state index is 13.1. The summed E-state index contributed by atoms with van der Waals surface area (Å²) in [5.74, 6) is 0.310. The van der Waals surface area contributed by atoms with Gasteiger partial charge in [0.05, 0.1) is 12.1 Å². The Bertz CT molecular complexity index is 1050. The predicted molar refractivity (Wildman–Crippen MR) is 118 cm³/mol. The number of para-hydroxylation sites is 1. The number of hydrogen-bond donors (Lipinski definition) is 1. The molecule has 0 saturated carbocycles. The van der Waals surface area contributed by atoms with Gasteiger partial charge in [-0.2, -0.15) is 0 Å². The van der Waals surface area contributed by atoms with E-state index in [0.29, 0.717) is 19.1 Å². The molecule has 0 aliphatic carbocycles. The van der Waals surface area contributed by atoms with Crippen molar-refractivity contribution in [2.45, 2.75) is 32.0 Å². The van der Waals surface area contributed by atoms with Gasteiger partial charge in [0.2, 0.25) is 0 Å². The minimum Gasteiger partial charge on any atom is -0.445 e. The van der Waals surface area contributed by atoms with E-state index in [9.17, 15) is 4.79 Å². The molecule has 1 N–H and O–H groups in total. The summed E-state index contributed by atoms with van der Waals surface area (Å²) in [6.07, 6.45) is 0.720. The van der Waals surface area contributed by atoms with Gasteiger partial charge in [-0.05, 0) is 41.7 Å². The number of nitrogens with one attached hydrogen (secondary N) is 1. The number of rotatable bonds is 3. The molecule has 2 heterocycles. The molecule has 1 unspecified atom stereocenters. The van der Waals surface area contributed by atoms with Gasteiger partial charge in [-0.1, -0.05) is 72.8 Å². The summed E-state index contributed by atoms with van der Waals surface area (Å²) in [7, 11) is 0. The molecule has 1 saturated heterocycles. The van der Waals surface area contributed by atoms with Crippen LogP contribution in [0.1, 0.15) is 40.8 Å². The van der Waals surface area contributed by atoms with Crippen molar-refractivity contribution in [1.29, 1.82) is 0 Å². The molecule has 0 bridgehead atoms. The van der Waals surface area contributed by atoms with Gasteiger partial charge in [0.15, 0.2) is 0 Å². The Labute approximate surface area is 177 Å². The second-order valence-corrected chi connectivity index (χ2v) is 8.20. The molecular weight excluding hydrogens is 372 g/mol. The van der Waals surface area contributed by atoms with Crippen molar-refractivity contribution in [1.82, 2.24) is 4.90 Å². The van der Waals surface area contributed by atoms with E-state index in [2.05, 4.69) is 54.7 Å². The summed E-state index contributed by atoms with van der Waals surface area (Å²) < 4.78 is 5.71. The van der Waals surface area contributed by atoms with Gasteiger partial charge < -0.3 is 15.0 Å². The number of anilines is 1. The Hall–Kier alpha value is -3.27. The summed E-state index contributed by atoms with van der Waals surface area (Å²) >= 11 is 0. The first-order valence-corrected chi connectivity index (χ1v) is 10.6. The van der Waals surface area contributed by atoms with Gasteiger partial charge >= 0.3 is 6.09 Å². The SMILES string of the molecule is Cc1ccccc1C1Nc2ccccc2[C@@H]2[C@H]1CCN2C(=O)OCc1ccccc1. The highest BCUT2D eigenvalue weighted by atomic mass is 16.6. The lowest BCUT2D eigenvalue weighted by Crippen LogP contribution is -2.38. The van der Waals surface area contributed by atoms with Gasteiger partial charge in [-0.25, -0.2) is 4.79 Å². The second-order valence-electron chi connectivity index (χ2n) is 8.20. The standard InChI is InChI=1S/C26H26N2O2/c1-18-9-5-6-12-20(18)24-22-15-16-28(25(22)21-13-7-8-14-23(21)27-24)26(29)30-17-19-10-3-2-4-11-19/h2-14,22,24-25,27H,15-17H2,1H3/t22-,24?,25+/m0/s1. The molecule has 3 atom stereocenters. The average Bonchev–Trinajstić information content (AvgIpc) is 3.24. The zero-order chi connectivity index (χ0) is 20.5. The average molecular weight is 399 g/mol. The fourth-order valence-corrected chi connectivity index (χ4v) is 4.98. The second kappa shape index (κ2) is 7.86.